The van der Waals surface area contributed by atoms with Crippen LogP contribution in [0, 0.1) is 5.82 Å². The van der Waals surface area contributed by atoms with Gasteiger partial charge in [-0.05, 0) is 25.1 Å². The van der Waals surface area contributed by atoms with E-state index < -0.39 is 0 Å². The first kappa shape index (κ1) is 15.7. The highest BCUT2D eigenvalue weighted by atomic mass is 35.5. The van der Waals surface area contributed by atoms with Gasteiger partial charge in [-0.15, -0.1) is 0 Å². The minimum atomic E-state index is -0.354. The van der Waals surface area contributed by atoms with Gasteiger partial charge in [-0.25, -0.2) is 4.39 Å². The Hall–Kier alpha value is -0.680. The molecule has 3 nitrogen and oxygen atoms in total. The van der Waals surface area contributed by atoms with Crippen LogP contribution in [0.4, 0.5) is 4.39 Å². The van der Waals surface area contributed by atoms with E-state index in [4.69, 9.17) is 11.6 Å². The lowest BCUT2D eigenvalue weighted by molar-refractivity contribution is 0.0636. The summed E-state index contributed by atoms with van der Waals surface area (Å²) in [6.45, 7) is 6.72. The van der Waals surface area contributed by atoms with Crippen molar-refractivity contribution in [3.05, 3.63) is 34.6 Å². The van der Waals surface area contributed by atoms with Gasteiger partial charge in [0.25, 0.3) is 0 Å². The van der Waals surface area contributed by atoms with Crippen LogP contribution in [-0.2, 0) is 0 Å². The van der Waals surface area contributed by atoms with Gasteiger partial charge in [0.1, 0.15) is 5.82 Å². The van der Waals surface area contributed by atoms with Crippen LogP contribution >= 0.6 is 11.6 Å². The molecule has 0 aromatic heterocycles. The number of rotatable bonds is 5. The van der Waals surface area contributed by atoms with Gasteiger partial charge in [0.05, 0.1) is 12.6 Å². The molecule has 1 N–H and O–H groups in total. The molecular weight excluding hydrogens is 279 g/mol. The van der Waals surface area contributed by atoms with Crippen molar-refractivity contribution < 1.29 is 9.50 Å². The zero-order valence-corrected chi connectivity index (χ0v) is 12.6. The lowest BCUT2D eigenvalue weighted by Crippen LogP contribution is -2.48. The molecule has 0 aliphatic carbocycles. The van der Waals surface area contributed by atoms with E-state index in [-0.39, 0.29) is 18.5 Å². The molecule has 112 valence electrons. The number of piperazine rings is 1. The molecule has 0 radical (unpaired) electrons. The van der Waals surface area contributed by atoms with Crippen LogP contribution in [0.5, 0.6) is 0 Å². The number of hydrogen-bond acceptors (Lipinski definition) is 3. The van der Waals surface area contributed by atoms with E-state index in [0.717, 1.165) is 39.1 Å². The first-order chi connectivity index (χ1) is 9.67. The molecule has 1 fully saturated rings. The molecule has 1 saturated heterocycles. The number of hydrogen-bond donors (Lipinski definition) is 1. The number of halogens is 2. The van der Waals surface area contributed by atoms with Crippen LogP contribution in [0.1, 0.15) is 24.9 Å². The van der Waals surface area contributed by atoms with Gasteiger partial charge in [0.2, 0.25) is 0 Å². The molecule has 0 bridgehead atoms. The van der Waals surface area contributed by atoms with E-state index in [0.29, 0.717) is 10.6 Å². The second-order valence-electron chi connectivity index (χ2n) is 5.21. The Kier molecular flexibility index (Phi) is 5.78. The van der Waals surface area contributed by atoms with Crippen molar-refractivity contribution in [3.8, 4) is 0 Å². The minimum absolute atomic E-state index is 0.117. The minimum Gasteiger partial charge on any atom is -0.394 e. The molecule has 1 aromatic carbocycles. The zero-order valence-electron chi connectivity index (χ0n) is 11.9. The van der Waals surface area contributed by atoms with E-state index in [1.54, 1.807) is 12.1 Å². The van der Waals surface area contributed by atoms with E-state index in [1.165, 1.54) is 6.07 Å². The topological polar surface area (TPSA) is 26.7 Å². The second kappa shape index (κ2) is 7.36. The second-order valence-corrected chi connectivity index (χ2v) is 5.62. The molecule has 0 spiro atoms. The Bertz CT molecular complexity index is 416. The van der Waals surface area contributed by atoms with Crippen molar-refractivity contribution in [2.24, 2.45) is 0 Å². The van der Waals surface area contributed by atoms with E-state index in [9.17, 15) is 9.50 Å². The number of nitrogens with zero attached hydrogens (tertiary/aromatic N) is 2. The van der Waals surface area contributed by atoms with Crippen LogP contribution in [0.3, 0.4) is 0 Å². The first-order valence-corrected chi connectivity index (χ1v) is 7.56. The highest BCUT2D eigenvalue weighted by molar-refractivity contribution is 6.31. The summed E-state index contributed by atoms with van der Waals surface area (Å²) in [7, 11) is 0. The molecule has 1 aliphatic heterocycles. The van der Waals surface area contributed by atoms with Crippen LogP contribution in [0.2, 0.25) is 5.02 Å². The van der Waals surface area contributed by atoms with Gasteiger partial charge in [-0.3, -0.25) is 4.90 Å². The fourth-order valence-corrected chi connectivity index (χ4v) is 3.12. The molecule has 0 amide bonds. The van der Waals surface area contributed by atoms with Crippen LogP contribution in [-0.4, -0.2) is 54.2 Å². The van der Waals surface area contributed by atoms with E-state index >= 15 is 0 Å². The van der Waals surface area contributed by atoms with Crippen molar-refractivity contribution in [1.82, 2.24) is 9.80 Å². The maximum Gasteiger partial charge on any atom is 0.129 e. The predicted octanol–water partition coefficient (Wildman–Crippen LogP) is 2.54. The fraction of sp³-hybridized carbons (Fsp3) is 0.600. The Labute approximate surface area is 124 Å². The van der Waals surface area contributed by atoms with Gasteiger partial charge in [0, 0.05) is 36.8 Å². The first-order valence-electron chi connectivity index (χ1n) is 7.18. The van der Waals surface area contributed by atoms with Gasteiger partial charge in [-0.2, -0.15) is 0 Å². The third kappa shape index (κ3) is 3.50. The fourth-order valence-electron chi connectivity index (χ4n) is 2.83. The molecule has 20 heavy (non-hydrogen) atoms. The summed E-state index contributed by atoms with van der Waals surface area (Å²) in [5.41, 5.74) is 0.417. The summed E-state index contributed by atoms with van der Waals surface area (Å²) in [5, 5.41) is 10.1. The van der Waals surface area contributed by atoms with Crippen molar-refractivity contribution in [2.75, 3.05) is 39.3 Å². The van der Waals surface area contributed by atoms with Crippen molar-refractivity contribution >= 4 is 11.6 Å². The van der Waals surface area contributed by atoms with Crippen LogP contribution in [0.15, 0.2) is 18.2 Å². The highest BCUT2D eigenvalue weighted by Gasteiger charge is 2.27. The van der Waals surface area contributed by atoms with Crippen molar-refractivity contribution in [2.45, 2.75) is 19.4 Å². The molecule has 1 aliphatic rings. The average Bonchev–Trinajstić information content (AvgIpc) is 2.45. The third-order valence-corrected chi connectivity index (χ3v) is 4.22. The Morgan fingerprint density at radius 3 is 2.55 bits per heavy atom. The molecule has 5 heteroatoms. The van der Waals surface area contributed by atoms with Gasteiger partial charge < -0.3 is 10.0 Å². The zero-order chi connectivity index (χ0) is 14.5. The summed E-state index contributed by atoms with van der Waals surface area (Å²) in [6.07, 6.45) is 1.14. The molecule has 1 atom stereocenters. The van der Waals surface area contributed by atoms with Gasteiger partial charge in [0.15, 0.2) is 0 Å². The molecule has 0 saturated carbocycles. The Balaban J connectivity index is 2.10. The largest absolute Gasteiger partial charge is 0.394 e. The predicted molar refractivity (Wildman–Crippen MR) is 79.5 cm³/mol. The summed E-state index contributed by atoms with van der Waals surface area (Å²) in [4.78, 5) is 4.52. The maximum absolute atomic E-state index is 14.0. The van der Waals surface area contributed by atoms with E-state index in [2.05, 4.69) is 16.7 Å². The lowest BCUT2D eigenvalue weighted by Gasteiger charge is -2.39. The normalized spacial score (nSPS) is 19.2. The van der Waals surface area contributed by atoms with Crippen molar-refractivity contribution in [3.63, 3.8) is 0 Å². The smallest absolute Gasteiger partial charge is 0.129 e. The summed E-state index contributed by atoms with van der Waals surface area (Å²) >= 11 is 6.11. The quantitative estimate of drug-likeness (QED) is 0.905. The Morgan fingerprint density at radius 2 is 2.00 bits per heavy atom. The standard InChI is InChI=1S/C15H22ClFN2O/c1-2-6-18-7-9-19(10-8-18)14(11-20)15-12(16)4-3-5-13(15)17/h3-5,14,20H,2,6-11H2,1H3. The van der Waals surface area contributed by atoms with Crippen LogP contribution in [0.25, 0.3) is 0 Å². The molecule has 1 heterocycles. The van der Waals surface area contributed by atoms with Gasteiger partial charge in [-0.1, -0.05) is 24.6 Å². The maximum atomic E-state index is 14.0. The van der Waals surface area contributed by atoms with Crippen molar-refractivity contribution in [1.29, 1.82) is 0 Å². The highest BCUT2D eigenvalue weighted by Crippen LogP contribution is 2.30. The summed E-state index contributed by atoms with van der Waals surface area (Å²) in [5.74, 6) is -0.340. The SMILES string of the molecule is CCCN1CCN(C(CO)c2c(F)cccc2Cl)CC1. The molecule has 1 aromatic rings. The summed E-state index contributed by atoms with van der Waals surface area (Å²) < 4.78 is 14.0. The monoisotopic (exact) mass is 300 g/mol. The van der Waals surface area contributed by atoms with Gasteiger partial charge >= 0.3 is 0 Å². The average molecular weight is 301 g/mol. The number of aliphatic hydroxyl groups excluding tert-OH is 1. The summed E-state index contributed by atoms with van der Waals surface area (Å²) in [6, 6.07) is 4.31. The molecule has 2 rings (SSSR count). The Morgan fingerprint density at radius 1 is 1.30 bits per heavy atom. The van der Waals surface area contributed by atoms with Crippen LogP contribution < -0.4 is 0 Å². The van der Waals surface area contributed by atoms with E-state index in [1.807, 2.05) is 0 Å². The number of aliphatic hydroxyl groups is 1. The number of benzene rings is 1. The molecular formula is C15H22ClFN2O. The third-order valence-electron chi connectivity index (χ3n) is 3.89. The molecule has 1 unspecified atom stereocenters. The lowest BCUT2D eigenvalue weighted by atomic mass is 10.0.